The van der Waals surface area contributed by atoms with Crippen molar-refractivity contribution in [2.45, 2.75) is 6.92 Å². The molecular formula is C11H19N3O2. The van der Waals surface area contributed by atoms with Crippen LogP contribution in [0.15, 0.2) is 12.3 Å². The van der Waals surface area contributed by atoms with E-state index in [-0.39, 0.29) is 0 Å². The van der Waals surface area contributed by atoms with Gasteiger partial charge in [-0.05, 0) is 18.6 Å². The molecule has 0 aromatic carbocycles. The summed E-state index contributed by atoms with van der Waals surface area (Å²) in [5.41, 5.74) is 7.52. The van der Waals surface area contributed by atoms with Crippen LogP contribution in [0.1, 0.15) is 5.56 Å². The highest BCUT2D eigenvalue weighted by Gasteiger charge is 1.99. The molecule has 1 aromatic rings. The molecule has 0 bridgehead atoms. The van der Waals surface area contributed by atoms with Crippen molar-refractivity contribution in [2.75, 3.05) is 44.5 Å². The van der Waals surface area contributed by atoms with Gasteiger partial charge in [-0.1, -0.05) is 0 Å². The Morgan fingerprint density at radius 2 is 2.19 bits per heavy atom. The lowest BCUT2D eigenvalue weighted by Crippen LogP contribution is -2.13. The van der Waals surface area contributed by atoms with Gasteiger partial charge in [-0.15, -0.1) is 0 Å². The highest BCUT2D eigenvalue weighted by atomic mass is 16.5. The van der Waals surface area contributed by atoms with Crippen molar-refractivity contribution in [3.05, 3.63) is 17.8 Å². The summed E-state index contributed by atoms with van der Waals surface area (Å²) in [6.07, 6.45) is 1.78. The number of methoxy groups -OCH3 is 1. The summed E-state index contributed by atoms with van der Waals surface area (Å²) in [6.45, 7) is 4.48. The molecule has 5 nitrogen and oxygen atoms in total. The third kappa shape index (κ3) is 4.46. The molecule has 1 heterocycles. The first-order valence-electron chi connectivity index (χ1n) is 5.26. The van der Waals surface area contributed by atoms with E-state index in [0.717, 1.165) is 5.56 Å². The second-order valence-electron chi connectivity index (χ2n) is 3.48. The monoisotopic (exact) mass is 225 g/mol. The fraction of sp³-hybridized carbons (Fsp3) is 0.545. The van der Waals surface area contributed by atoms with Gasteiger partial charge in [0, 0.05) is 19.9 Å². The molecule has 0 saturated heterocycles. The van der Waals surface area contributed by atoms with Gasteiger partial charge in [0.15, 0.2) is 0 Å². The van der Waals surface area contributed by atoms with Crippen molar-refractivity contribution in [1.82, 2.24) is 4.98 Å². The number of ether oxygens (including phenoxy) is 2. The summed E-state index contributed by atoms with van der Waals surface area (Å²) >= 11 is 0. The highest BCUT2D eigenvalue weighted by molar-refractivity contribution is 5.61. The van der Waals surface area contributed by atoms with Crippen LogP contribution in [0.5, 0.6) is 0 Å². The Morgan fingerprint density at radius 3 is 2.88 bits per heavy atom. The minimum absolute atomic E-state index is 0.606. The molecule has 3 N–H and O–H groups in total. The SMILES string of the molecule is COCCOCCNc1ncc(C)cc1N. The van der Waals surface area contributed by atoms with Gasteiger partial charge in [0.2, 0.25) is 0 Å². The summed E-state index contributed by atoms with van der Waals surface area (Å²) < 4.78 is 10.2. The number of aryl methyl sites for hydroxylation is 1. The lowest BCUT2D eigenvalue weighted by molar-refractivity contribution is 0.0759. The lowest BCUT2D eigenvalue weighted by Gasteiger charge is -2.09. The van der Waals surface area contributed by atoms with Gasteiger partial charge >= 0.3 is 0 Å². The molecule has 1 aromatic heterocycles. The van der Waals surface area contributed by atoms with E-state index in [1.807, 2.05) is 13.0 Å². The summed E-state index contributed by atoms with van der Waals surface area (Å²) in [7, 11) is 1.65. The lowest BCUT2D eigenvalue weighted by atomic mass is 10.3. The molecule has 5 heteroatoms. The zero-order chi connectivity index (χ0) is 11.8. The Kier molecular flexibility index (Phi) is 5.60. The Balaban J connectivity index is 2.21. The third-order valence-corrected chi connectivity index (χ3v) is 2.02. The number of aromatic nitrogens is 1. The zero-order valence-electron chi connectivity index (χ0n) is 9.82. The van der Waals surface area contributed by atoms with Crippen LogP contribution in [0.25, 0.3) is 0 Å². The average molecular weight is 225 g/mol. The normalized spacial score (nSPS) is 10.4. The Labute approximate surface area is 96.0 Å². The summed E-state index contributed by atoms with van der Waals surface area (Å²) in [5, 5.41) is 3.12. The fourth-order valence-electron chi connectivity index (χ4n) is 1.23. The van der Waals surface area contributed by atoms with Crippen LogP contribution < -0.4 is 11.1 Å². The Hall–Kier alpha value is -1.33. The topological polar surface area (TPSA) is 69.4 Å². The number of anilines is 2. The predicted octanol–water partition coefficient (Wildman–Crippen LogP) is 1.05. The highest BCUT2D eigenvalue weighted by Crippen LogP contribution is 2.14. The minimum atomic E-state index is 0.606. The fourth-order valence-corrected chi connectivity index (χ4v) is 1.23. The average Bonchev–Trinajstić information content (AvgIpc) is 2.26. The van der Waals surface area contributed by atoms with E-state index in [4.69, 9.17) is 15.2 Å². The van der Waals surface area contributed by atoms with Crippen molar-refractivity contribution in [1.29, 1.82) is 0 Å². The van der Waals surface area contributed by atoms with Gasteiger partial charge < -0.3 is 20.5 Å². The van der Waals surface area contributed by atoms with E-state index < -0.39 is 0 Å². The first-order valence-corrected chi connectivity index (χ1v) is 5.26. The van der Waals surface area contributed by atoms with Crippen LogP contribution in [0, 0.1) is 6.92 Å². The van der Waals surface area contributed by atoms with Crippen molar-refractivity contribution >= 4 is 11.5 Å². The number of hydrogen-bond acceptors (Lipinski definition) is 5. The first kappa shape index (κ1) is 12.7. The second kappa shape index (κ2) is 7.03. The molecule has 0 spiro atoms. The second-order valence-corrected chi connectivity index (χ2v) is 3.48. The van der Waals surface area contributed by atoms with Gasteiger partial charge in [-0.3, -0.25) is 0 Å². The molecule has 90 valence electrons. The predicted molar refractivity (Wildman–Crippen MR) is 64.6 cm³/mol. The maximum absolute atomic E-state index is 5.80. The van der Waals surface area contributed by atoms with Gasteiger partial charge in [-0.2, -0.15) is 0 Å². The quantitative estimate of drug-likeness (QED) is 0.679. The van der Waals surface area contributed by atoms with Gasteiger partial charge in [-0.25, -0.2) is 4.98 Å². The maximum Gasteiger partial charge on any atom is 0.149 e. The third-order valence-electron chi connectivity index (χ3n) is 2.02. The number of rotatable bonds is 7. The van der Waals surface area contributed by atoms with Gasteiger partial charge in [0.25, 0.3) is 0 Å². The van der Waals surface area contributed by atoms with Crippen LogP contribution in [-0.2, 0) is 9.47 Å². The molecule has 1 rings (SSSR count). The summed E-state index contributed by atoms with van der Waals surface area (Å²) in [4.78, 5) is 4.20. The number of nitrogens with one attached hydrogen (secondary N) is 1. The molecule has 0 aliphatic carbocycles. The molecule has 0 atom stereocenters. The van der Waals surface area contributed by atoms with Crippen LogP contribution in [0.3, 0.4) is 0 Å². The number of nitrogen functional groups attached to an aromatic ring is 1. The van der Waals surface area contributed by atoms with Crippen LogP contribution in [0.2, 0.25) is 0 Å². The standard InChI is InChI=1S/C11H19N3O2/c1-9-7-10(12)11(14-8-9)13-3-4-16-6-5-15-2/h7-8H,3-6,12H2,1-2H3,(H,13,14). The maximum atomic E-state index is 5.80. The molecule has 0 unspecified atom stereocenters. The molecular weight excluding hydrogens is 206 g/mol. The van der Waals surface area contributed by atoms with Crippen LogP contribution in [-0.4, -0.2) is 38.5 Å². The minimum Gasteiger partial charge on any atom is -0.396 e. The van der Waals surface area contributed by atoms with E-state index in [1.165, 1.54) is 0 Å². The molecule has 0 fully saturated rings. The number of nitrogens with zero attached hydrogens (tertiary/aromatic N) is 1. The van der Waals surface area contributed by atoms with Gasteiger partial charge in [0.1, 0.15) is 5.82 Å². The van der Waals surface area contributed by atoms with E-state index >= 15 is 0 Å². The zero-order valence-corrected chi connectivity index (χ0v) is 9.82. The largest absolute Gasteiger partial charge is 0.396 e. The summed E-state index contributed by atoms with van der Waals surface area (Å²) in [5.74, 6) is 0.709. The van der Waals surface area contributed by atoms with Crippen molar-refractivity contribution < 1.29 is 9.47 Å². The Bertz CT molecular complexity index is 318. The van der Waals surface area contributed by atoms with E-state index in [1.54, 1.807) is 13.3 Å². The molecule has 0 saturated carbocycles. The van der Waals surface area contributed by atoms with E-state index in [0.29, 0.717) is 37.9 Å². The summed E-state index contributed by atoms with van der Waals surface area (Å²) in [6, 6.07) is 1.89. The Morgan fingerprint density at radius 1 is 1.38 bits per heavy atom. The van der Waals surface area contributed by atoms with Crippen molar-refractivity contribution in [2.24, 2.45) is 0 Å². The van der Waals surface area contributed by atoms with Gasteiger partial charge in [0.05, 0.1) is 25.5 Å². The van der Waals surface area contributed by atoms with E-state index in [9.17, 15) is 0 Å². The molecule has 0 amide bonds. The van der Waals surface area contributed by atoms with Crippen LogP contribution in [0.4, 0.5) is 11.5 Å². The smallest absolute Gasteiger partial charge is 0.149 e. The molecule has 0 aliphatic heterocycles. The number of hydrogen-bond donors (Lipinski definition) is 2. The van der Waals surface area contributed by atoms with Crippen LogP contribution >= 0.6 is 0 Å². The number of nitrogens with two attached hydrogens (primary N) is 1. The first-order chi connectivity index (χ1) is 7.74. The van der Waals surface area contributed by atoms with E-state index in [2.05, 4.69) is 10.3 Å². The van der Waals surface area contributed by atoms with Crippen molar-refractivity contribution in [3.63, 3.8) is 0 Å². The number of pyridine rings is 1. The molecule has 0 radical (unpaired) electrons. The molecule has 0 aliphatic rings. The van der Waals surface area contributed by atoms with Crippen molar-refractivity contribution in [3.8, 4) is 0 Å². The molecule has 16 heavy (non-hydrogen) atoms.